The molecule has 0 atom stereocenters. The summed E-state index contributed by atoms with van der Waals surface area (Å²) in [7, 11) is 1.50. The molecule has 4 rings (SSSR count). The Labute approximate surface area is 230 Å². The summed E-state index contributed by atoms with van der Waals surface area (Å²) in [6.07, 6.45) is 5.75. The van der Waals surface area contributed by atoms with Crippen LogP contribution in [0.4, 0.5) is 14.6 Å². The first-order valence-electron chi connectivity index (χ1n) is 11.1. The first kappa shape index (κ1) is 27.8. The lowest BCUT2D eigenvalue weighted by Gasteiger charge is -2.14. The second-order valence-electron chi connectivity index (χ2n) is 7.68. The molecule has 0 unspecified atom stereocenters. The quantitative estimate of drug-likeness (QED) is 0.116. The number of hydrogen-bond donors (Lipinski definition) is 1. The topological polar surface area (TPSA) is 124 Å². The van der Waals surface area contributed by atoms with Gasteiger partial charge in [0.15, 0.2) is 5.82 Å². The van der Waals surface area contributed by atoms with Crippen molar-refractivity contribution in [3.8, 4) is 34.0 Å². The second-order valence-corrected chi connectivity index (χ2v) is 9.03. The summed E-state index contributed by atoms with van der Waals surface area (Å²) >= 11 is 7.28. The van der Waals surface area contributed by atoms with E-state index in [-0.39, 0.29) is 22.7 Å². The number of aliphatic imine (C=N–C) groups is 1. The van der Waals surface area contributed by atoms with Gasteiger partial charge in [0.1, 0.15) is 15.9 Å². The van der Waals surface area contributed by atoms with Crippen LogP contribution in [-0.2, 0) is 0 Å². The van der Waals surface area contributed by atoms with Crippen molar-refractivity contribution in [3.63, 3.8) is 0 Å². The number of rotatable bonds is 10. The average molecular weight is 572 g/mol. The van der Waals surface area contributed by atoms with Crippen LogP contribution in [0.5, 0.6) is 11.6 Å². The molecule has 0 saturated heterocycles. The van der Waals surface area contributed by atoms with Crippen molar-refractivity contribution in [1.82, 2.24) is 30.2 Å². The molecule has 4 heterocycles. The second kappa shape index (κ2) is 12.5. The van der Waals surface area contributed by atoms with E-state index in [0.717, 1.165) is 0 Å². The number of nitrogens with one attached hydrogen (secondary N) is 1. The highest BCUT2D eigenvalue weighted by Crippen LogP contribution is 2.34. The van der Waals surface area contributed by atoms with Crippen LogP contribution in [0.15, 0.2) is 59.1 Å². The number of aryl methyl sites for hydroxylation is 1. The number of ether oxygens (including phenoxy) is 2. The zero-order valence-electron chi connectivity index (χ0n) is 20.6. The molecule has 0 aliphatic carbocycles. The lowest BCUT2D eigenvalue weighted by Crippen LogP contribution is -2.24. The molecule has 10 nitrogen and oxygen atoms in total. The summed E-state index contributed by atoms with van der Waals surface area (Å²) in [4.78, 5) is 38.0. The van der Waals surface area contributed by atoms with Gasteiger partial charge in [-0.15, -0.1) is 0 Å². The smallest absolute Gasteiger partial charge is 0.388 e. The van der Waals surface area contributed by atoms with Crippen LogP contribution in [-0.4, -0.2) is 57.1 Å². The fourth-order valence-corrected chi connectivity index (χ4v) is 4.33. The Hall–Kier alpha value is -4.23. The Morgan fingerprint density at radius 2 is 1.95 bits per heavy atom. The molecule has 4 aromatic rings. The van der Waals surface area contributed by atoms with Crippen molar-refractivity contribution < 1.29 is 23.0 Å². The summed E-state index contributed by atoms with van der Waals surface area (Å²) in [5, 5.41) is 3.47. The zero-order chi connectivity index (χ0) is 27.9. The molecule has 14 heteroatoms. The van der Waals surface area contributed by atoms with Gasteiger partial charge in [-0.1, -0.05) is 23.4 Å². The monoisotopic (exact) mass is 571 g/mol. The molecular weight excluding hydrogens is 552 g/mol. The molecule has 0 saturated carbocycles. The number of thioether (sulfide) groups is 1. The molecule has 200 valence electrons. The maximum Gasteiger partial charge on any atom is 0.388 e. The van der Waals surface area contributed by atoms with Crippen molar-refractivity contribution >= 4 is 41.8 Å². The maximum absolute atomic E-state index is 13.2. The summed E-state index contributed by atoms with van der Waals surface area (Å²) < 4.78 is 34.5. The minimum absolute atomic E-state index is 0.112. The van der Waals surface area contributed by atoms with E-state index in [0.29, 0.717) is 44.4 Å². The molecule has 0 fully saturated rings. The molecule has 0 aliphatic heterocycles. The molecule has 39 heavy (non-hydrogen) atoms. The number of carbonyl (C=O) groups is 1. The highest BCUT2D eigenvalue weighted by Gasteiger charge is 2.18. The van der Waals surface area contributed by atoms with Crippen molar-refractivity contribution in [2.45, 2.75) is 18.6 Å². The number of aromatic nitrogens is 5. The van der Waals surface area contributed by atoms with E-state index in [9.17, 15) is 13.6 Å². The van der Waals surface area contributed by atoms with Gasteiger partial charge in [-0.25, -0.2) is 24.9 Å². The summed E-state index contributed by atoms with van der Waals surface area (Å²) in [5.74, 6) is 0.208. The van der Waals surface area contributed by atoms with Gasteiger partial charge in [-0.2, -0.15) is 8.78 Å². The van der Waals surface area contributed by atoms with Gasteiger partial charge in [0.05, 0.1) is 36.6 Å². The van der Waals surface area contributed by atoms with Crippen LogP contribution in [0.25, 0.3) is 22.4 Å². The van der Waals surface area contributed by atoms with E-state index >= 15 is 0 Å². The normalized spacial score (nSPS) is 10.8. The number of hydrogen-bond acceptors (Lipinski definition) is 10. The standard InChI is InChI=1S/C25H20ClF2N7O3S/c1-13-6-15(16-7-20(26)31-11-19(16)37-3)17(9-30-13)23(36)34-12-39-24-22(29-2)33-10-18(35-24)14-4-5-21(32-8-14)38-25(27)28/h4-11,25H,2,12H2,1,3H3,(H,34,36). The van der Waals surface area contributed by atoms with E-state index in [4.69, 9.17) is 16.3 Å². The molecule has 0 spiro atoms. The Morgan fingerprint density at radius 1 is 1.13 bits per heavy atom. The van der Waals surface area contributed by atoms with Crippen molar-refractivity contribution in [2.24, 2.45) is 4.99 Å². The number of amides is 1. The molecule has 0 aromatic carbocycles. The molecule has 1 N–H and O–H groups in total. The lowest BCUT2D eigenvalue weighted by atomic mass is 10.0. The van der Waals surface area contributed by atoms with Crippen molar-refractivity contribution in [3.05, 3.63) is 65.5 Å². The summed E-state index contributed by atoms with van der Waals surface area (Å²) in [6, 6.07) is 6.20. The van der Waals surface area contributed by atoms with Gasteiger partial charge in [0.25, 0.3) is 5.91 Å². The summed E-state index contributed by atoms with van der Waals surface area (Å²) in [5.41, 5.74) is 3.11. The van der Waals surface area contributed by atoms with Gasteiger partial charge in [-0.05, 0) is 31.8 Å². The zero-order valence-corrected chi connectivity index (χ0v) is 22.1. The van der Waals surface area contributed by atoms with Gasteiger partial charge in [0.2, 0.25) is 5.88 Å². The highest BCUT2D eigenvalue weighted by molar-refractivity contribution is 7.99. The van der Waals surface area contributed by atoms with Crippen LogP contribution in [0.2, 0.25) is 5.15 Å². The fraction of sp³-hybridized carbons (Fsp3) is 0.160. The maximum atomic E-state index is 13.2. The molecule has 0 aliphatic rings. The number of nitrogens with zero attached hydrogens (tertiary/aromatic N) is 6. The SMILES string of the molecule is C=Nc1ncc(-c2ccc(OC(F)F)nc2)nc1SCNC(=O)c1cnc(C)cc1-c1cc(Cl)ncc1OC. The van der Waals surface area contributed by atoms with Crippen LogP contribution >= 0.6 is 23.4 Å². The molecule has 0 radical (unpaired) electrons. The van der Waals surface area contributed by atoms with E-state index in [1.165, 1.54) is 55.8 Å². The van der Waals surface area contributed by atoms with E-state index in [2.05, 4.69) is 46.7 Å². The summed E-state index contributed by atoms with van der Waals surface area (Å²) in [6.45, 7) is 2.34. The fourth-order valence-electron chi connectivity index (χ4n) is 3.42. The van der Waals surface area contributed by atoms with Gasteiger partial charge < -0.3 is 14.8 Å². The largest absolute Gasteiger partial charge is 0.494 e. The first-order chi connectivity index (χ1) is 18.8. The van der Waals surface area contributed by atoms with E-state index < -0.39 is 12.5 Å². The molecular formula is C25H20ClF2N7O3S. The molecule has 4 aromatic heterocycles. The Morgan fingerprint density at radius 3 is 2.64 bits per heavy atom. The van der Waals surface area contributed by atoms with Crippen molar-refractivity contribution in [2.75, 3.05) is 13.0 Å². The highest BCUT2D eigenvalue weighted by atomic mass is 35.5. The minimum Gasteiger partial charge on any atom is -0.494 e. The molecule has 0 bridgehead atoms. The van der Waals surface area contributed by atoms with E-state index in [1.54, 1.807) is 19.1 Å². The number of methoxy groups -OCH3 is 1. The third-order valence-electron chi connectivity index (χ3n) is 5.19. The number of alkyl halides is 2. The lowest BCUT2D eigenvalue weighted by molar-refractivity contribution is -0.0528. The number of pyridine rings is 3. The predicted octanol–water partition coefficient (Wildman–Crippen LogP) is 5.38. The van der Waals surface area contributed by atoms with Gasteiger partial charge >= 0.3 is 6.61 Å². The molecule has 1 amide bonds. The average Bonchev–Trinajstić information content (AvgIpc) is 2.93. The van der Waals surface area contributed by atoms with Gasteiger partial charge in [0, 0.05) is 40.8 Å². The van der Waals surface area contributed by atoms with Crippen molar-refractivity contribution in [1.29, 1.82) is 0 Å². The first-order valence-corrected chi connectivity index (χ1v) is 12.5. The van der Waals surface area contributed by atoms with Crippen LogP contribution in [0, 0.1) is 6.92 Å². The van der Waals surface area contributed by atoms with Crippen LogP contribution in [0.3, 0.4) is 0 Å². The Bertz CT molecular complexity index is 1510. The van der Waals surface area contributed by atoms with Gasteiger partial charge in [-0.3, -0.25) is 9.78 Å². The van der Waals surface area contributed by atoms with Crippen LogP contribution < -0.4 is 14.8 Å². The Kier molecular flexibility index (Phi) is 8.94. The predicted molar refractivity (Wildman–Crippen MR) is 143 cm³/mol. The third-order valence-corrected chi connectivity index (χ3v) is 6.23. The van der Waals surface area contributed by atoms with Crippen LogP contribution in [0.1, 0.15) is 16.1 Å². The number of carbonyl (C=O) groups excluding carboxylic acids is 1. The van der Waals surface area contributed by atoms with E-state index in [1.807, 2.05) is 0 Å². The third kappa shape index (κ3) is 6.81. The minimum atomic E-state index is -2.98. The Balaban J connectivity index is 1.52. The number of halogens is 3.